The summed E-state index contributed by atoms with van der Waals surface area (Å²) in [6, 6.07) is 30.5. The fraction of sp³-hybridized carbons (Fsp3) is 0.297. The number of rotatable bonds is 7. The average molecular weight is 589 g/mol. The van der Waals surface area contributed by atoms with Crippen LogP contribution >= 0.6 is 0 Å². The van der Waals surface area contributed by atoms with E-state index in [1.807, 2.05) is 7.11 Å². The van der Waals surface area contributed by atoms with Gasteiger partial charge in [0.15, 0.2) is 0 Å². The molecule has 1 heterocycles. The quantitative estimate of drug-likeness (QED) is 0.164. The van der Waals surface area contributed by atoms with Crippen molar-refractivity contribution in [3.63, 3.8) is 0 Å². The van der Waals surface area contributed by atoms with Crippen molar-refractivity contribution in [3.8, 4) is 32.9 Å². The van der Waals surface area contributed by atoms with Crippen LogP contribution in [0.2, 0.25) is 4.25 Å². The summed E-state index contributed by atoms with van der Waals surface area (Å²) in [4.78, 5) is 0. The van der Waals surface area contributed by atoms with Crippen LogP contribution in [0.25, 0.3) is 22.3 Å². The first-order valence-corrected chi connectivity index (χ1v) is 18.5. The molecule has 0 saturated heterocycles. The summed E-state index contributed by atoms with van der Waals surface area (Å²) in [5.41, 5.74) is 10.3. The molecule has 0 saturated carbocycles. The van der Waals surface area contributed by atoms with Crippen molar-refractivity contribution in [3.05, 3.63) is 107 Å². The van der Waals surface area contributed by atoms with Gasteiger partial charge in [0.25, 0.3) is 0 Å². The molecule has 0 spiro atoms. The molecule has 4 aromatic carbocycles. The Balaban J connectivity index is 2.04. The fourth-order valence-electron chi connectivity index (χ4n) is 6.61. The first-order valence-electron chi connectivity index (χ1n) is 14.3. The molecule has 1 unspecified atom stereocenters. The van der Waals surface area contributed by atoms with E-state index in [9.17, 15) is 0 Å². The predicted molar refractivity (Wildman–Crippen MR) is 171 cm³/mol. The molecule has 0 N–H and O–H groups in total. The maximum atomic E-state index is 5.94. The monoisotopic (exact) mass is 590 g/mol. The number of ether oxygens (including phenoxy) is 2. The third-order valence-corrected chi connectivity index (χ3v) is 19.4. The zero-order chi connectivity index (χ0) is 28.3. The molecule has 2 nitrogen and oxygen atoms in total. The van der Waals surface area contributed by atoms with E-state index in [0.29, 0.717) is 13.2 Å². The van der Waals surface area contributed by atoms with Gasteiger partial charge in [0.1, 0.15) is 0 Å². The minimum atomic E-state index is -3.42. The zero-order valence-electron chi connectivity index (χ0n) is 24.7. The van der Waals surface area contributed by atoms with Gasteiger partial charge in [-0.15, -0.1) is 0 Å². The van der Waals surface area contributed by atoms with Gasteiger partial charge in [-0.2, -0.15) is 0 Å². The van der Waals surface area contributed by atoms with Crippen LogP contribution in [0.4, 0.5) is 0 Å². The van der Waals surface area contributed by atoms with Gasteiger partial charge in [-0.3, -0.25) is 0 Å². The Labute approximate surface area is 243 Å². The fourth-order valence-corrected chi connectivity index (χ4v) is 17.3. The first kappa shape index (κ1) is 28.4. The summed E-state index contributed by atoms with van der Waals surface area (Å²) in [7, 11) is 3.61. The van der Waals surface area contributed by atoms with Gasteiger partial charge in [0.2, 0.25) is 0 Å². The summed E-state index contributed by atoms with van der Waals surface area (Å²) in [5.74, 6) is 3.71. The summed E-state index contributed by atoms with van der Waals surface area (Å²) in [6.45, 7) is 10.7. The Bertz CT molecular complexity index is 1560. The third-order valence-electron chi connectivity index (χ3n) is 8.24. The van der Waals surface area contributed by atoms with Crippen LogP contribution in [0.15, 0.2) is 84.9 Å². The molecule has 40 heavy (non-hydrogen) atoms. The minimum absolute atomic E-state index is 0.00724. The van der Waals surface area contributed by atoms with E-state index >= 15 is 0 Å². The topological polar surface area (TPSA) is 18.5 Å². The normalized spacial score (nSPS) is 15.8. The second-order valence-electron chi connectivity index (χ2n) is 11.7. The van der Waals surface area contributed by atoms with E-state index in [2.05, 4.69) is 123 Å². The molecule has 1 aliphatic heterocycles. The molecule has 0 fully saturated rings. The standard InChI is InChI=1S/C37H40GeO2/c1-7-16-29-31(25-39-5)32(26-40-6)34(28-19-12-9-13-20-28)35-30-21-14-15-22-33(30)38(36(29)35,37(2,3)4)24-23-27-17-10-8-11-18-27/h8-15,17-22H,7,16,25-26H2,1-6H3. The Kier molecular flexibility index (Phi) is 8.38. The van der Waals surface area contributed by atoms with E-state index in [1.165, 1.54) is 47.7 Å². The second kappa shape index (κ2) is 11.8. The van der Waals surface area contributed by atoms with E-state index in [4.69, 9.17) is 9.47 Å². The van der Waals surface area contributed by atoms with Crippen LogP contribution in [-0.4, -0.2) is 27.5 Å². The Hall–Kier alpha value is -3.10. The SMILES string of the molecule is CCCc1c(COC)c(COC)c(-c2ccccc2)c2[c]1[Ge]([C]#Cc1ccccc1)([C](C)(C)C)[c]1ccccc1-2. The van der Waals surface area contributed by atoms with Crippen LogP contribution in [0.3, 0.4) is 0 Å². The van der Waals surface area contributed by atoms with E-state index in [1.54, 1.807) is 7.11 Å². The summed E-state index contributed by atoms with van der Waals surface area (Å²) in [6.07, 6.45) is 2.06. The van der Waals surface area contributed by atoms with Crippen molar-refractivity contribution < 1.29 is 9.47 Å². The molecule has 204 valence electrons. The molecule has 0 radical (unpaired) electrons. The Morgan fingerprint density at radius 3 is 1.93 bits per heavy atom. The number of hydrogen-bond acceptors (Lipinski definition) is 2. The average Bonchev–Trinajstić information content (AvgIpc) is 3.26. The molecule has 0 amide bonds. The van der Waals surface area contributed by atoms with E-state index in [-0.39, 0.29) is 4.25 Å². The van der Waals surface area contributed by atoms with Crippen LogP contribution < -0.4 is 8.79 Å². The van der Waals surface area contributed by atoms with Crippen molar-refractivity contribution in [2.45, 2.75) is 58.0 Å². The summed E-state index contributed by atoms with van der Waals surface area (Å²) in [5, 5.41) is 0. The maximum absolute atomic E-state index is 5.94. The summed E-state index contributed by atoms with van der Waals surface area (Å²) >= 11 is -3.42. The molecule has 0 bridgehead atoms. The first-order chi connectivity index (χ1) is 19.4. The summed E-state index contributed by atoms with van der Waals surface area (Å²) < 4.78 is 19.0. The molecular weight excluding hydrogens is 549 g/mol. The second-order valence-corrected chi connectivity index (χ2v) is 20.7. The van der Waals surface area contributed by atoms with Crippen LogP contribution in [0, 0.1) is 10.7 Å². The van der Waals surface area contributed by atoms with E-state index < -0.39 is 13.3 Å². The molecule has 5 rings (SSSR count). The predicted octanol–water partition coefficient (Wildman–Crippen LogP) is 7.53. The third kappa shape index (κ3) is 4.75. The molecule has 1 atom stereocenters. The number of hydrogen-bond donors (Lipinski definition) is 0. The molecule has 1 aliphatic rings. The molecular formula is C37H40GeO2. The van der Waals surface area contributed by atoms with Crippen LogP contribution in [-0.2, 0) is 29.1 Å². The van der Waals surface area contributed by atoms with Crippen LogP contribution in [0.5, 0.6) is 0 Å². The van der Waals surface area contributed by atoms with Gasteiger partial charge in [-0.25, -0.2) is 0 Å². The van der Waals surface area contributed by atoms with Gasteiger partial charge >= 0.3 is 244 Å². The van der Waals surface area contributed by atoms with Crippen LogP contribution in [0.1, 0.15) is 56.4 Å². The Morgan fingerprint density at radius 1 is 0.700 bits per heavy atom. The van der Waals surface area contributed by atoms with Crippen molar-refractivity contribution in [1.29, 1.82) is 0 Å². The molecule has 0 aromatic heterocycles. The number of methoxy groups -OCH3 is 2. The Morgan fingerprint density at radius 2 is 1.30 bits per heavy atom. The van der Waals surface area contributed by atoms with Gasteiger partial charge in [0, 0.05) is 0 Å². The number of fused-ring (bicyclic) bond motifs is 3. The molecule has 0 aliphatic carbocycles. The number of benzene rings is 4. The molecule has 3 heteroatoms. The molecule has 4 aromatic rings. The van der Waals surface area contributed by atoms with Crippen molar-refractivity contribution in [1.82, 2.24) is 0 Å². The van der Waals surface area contributed by atoms with Crippen molar-refractivity contribution in [2.24, 2.45) is 0 Å². The van der Waals surface area contributed by atoms with E-state index in [0.717, 1.165) is 18.4 Å². The van der Waals surface area contributed by atoms with Gasteiger partial charge in [0.05, 0.1) is 0 Å². The van der Waals surface area contributed by atoms with Gasteiger partial charge in [-0.05, 0) is 0 Å². The van der Waals surface area contributed by atoms with Gasteiger partial charge in [-0.1, -0.05) is 0 Å². The van der Waals surface area contributed by atoms with Gasteiger partial charge < -0.3 is 0 Å². The van der Waals surface area contributed by atoms with Crippen molar-refractivity contribution in [2.75, 3.05) is 14.2 Å². The zero-order valence-corrected chi connectivity index (χ0v) is 26.8. The van der Waals surface area contributed by atoms with Crippen molar-refractivity contribution >= 4 is 22.1 Å².